The molecular formula is C34H49N5O4. The quantitative estimate of drug-likeness (QED) is 0.235. The van der Waals surface area contributed by atoms with Crippen molar-refractivity contribution in [3.63, 3.8) is 0 Å². The van der Waals surface area contributed by atoms with Crippen LogP contribution in [0, 0.1) is 5.41 Å². The molecule has 2 saturated heterocycles. The zero-order valence-corrected chi connectivity index (χ0v) is 26.0. The minimum Gasteiger partial charge on any atom is -0.390 e. The second-order valence-electron chi connectivity index (χ2n) is 12.0. The van der Waals surface area contributed by atoms with Crippen molar-refractivity contribution in [1.29, 1.82) is 0 Å². The zero-order chi connectivity index (χ0) is 30.8. The van der Waals surface area contributed by atoms with Crippen molar-refractivity contribution in [3.8, 4) is 0 Å². The van der Waals surface area contributed by atoms with Crippen molar-refractivity contribution in [1.82, 2.24) is 15.5 Å². The monoisotopic (exact) mass is 591 g/mol. The van der Waals surface area contributed by atoms with Crippen molar-refractivity contribution in [2.24, 2.45) is 5.41 Å². The third-order valence-electron chi connectivity index (χ3n) is 9.08. The van der Waals surface area contributed by atoms with Gasteiger partial charge in [-0.3, -0.25) is 14.4 Å². The average molecular weight is 592 g/mol. The van der Waals surface area contributed by atoms with Crippen molar-refractivity contribution < 1.29 is 19.5 Å². The number of rotatable bonds is 16. The molecule has 0 radical (unpaired) electrons. The van der Waals surface area contributed by atoms with Gasteiger partial charge in [0.25, 0.3) is 5.91 Å². The molecule has 0 bridgehead atoms. The molecule has 0 unspecified atom stereocenters. The molecule has 4 N–H and O–H groups in total. The molecule has 234 valence electrons. The lowest BCUT2D eigenvalue weighted by molar-refractivity contribution is -0.129. The topological polar surface area (TPSA) is 114 Å². The molecule has 2 fully saturated rings. The molecule has 2 atom stereocenters. The third kappa shape index (κ3) is 8.57. The summed E-state index contributed by atoms with van der Waals surface area (Å²) < 4.78 is 0. The van der Waals surface area contributed by atoms with E-state index in [4.69, 9.17) is 0 Å². The summed E-state index contributed by atoms with van der Waals surface area (Å²) in [6.07, 6.45) is 4.32. The highest BCUT2D eigenvalue weighted by Gasteiger charge is 2.33. The largest absolute Gasteiger partial charge is 0.390 e. The van der Waals surface area contributed by atoms with Crippen molar-refractivity contribution in [2.45, 2.75) is 77.9 Å². The molecule has 0 saturated carbocycles. The maximum absolute atomic E-state index is 13.7. The standard InChI is InChI=1S/C34H49N5O4/c1-4-34(5-2,24-38-16-10-14-31(38)41)23-35-22-30(40)29(18-25-12-8-7-9-13-25)37-33(43)26-19-27(36-6-3)21-28(20-26)39-17-11-15-32(39)42/h7-9,12-13,19-21,29-30,35-36,40H,4-6,10-11,14-18,22-24H2,1-3H3,(H,37,43)/t29-,30+/m0/s1. The summed E-state index contributed by atoms with van der Waals surface area (Å²) in [5, 5.41) is 21.3. The first-order valence-corrected chi connectivity index (χ1v) is 16.0. The Hall–Kier alpha value is -3.43. The molecule has 2 heterocycles. The third-order valence-corrected chi connectivity index (χ3v) is 9.08. The number of carbonyl (C=O) groups excluding carboxylic acids is 3. The van der Waals surface area contributed by atoms with E-state index in [0.717, 1.165) is 50.0 Å². The predicted octanol–water partition coefficient (Wildman–Crippen LogP) is 3.97. The summed E-state index contributed by atoms with van der Waals surface area (Å²) in [4.78, 5) is 42.2. The molecule has 0 aliphatic carbocycles. The van der Waals surface area contributed by atoms with Crippen LogP contribution in [0.4, 0.5) is 11.4 Å². The molecule has 3 amide bonds. The van der Waals surface area contributed by atoms with Crippen LogP contribution in [0.15, 0.2) is 48.5 Å². The van der Waals surface area contributed by atoms with Gasteiger partial charge >= 0.3 is 0 Å². The van der Waals surface area contributed by atoms with E-state index in [1.54, 1.807) is 17.0 Å². The van der Waals surface area contributed by atoms with E-state index in [2.05, 4.69) is 29.8 Å². The van der Waals surface area contributed by atoms with Crippen molar-refractivity contribution >= 4 is 29.1 Å². The minimum atomic E-state index is -0.847. The highest BCUT2D eigenvalue weighted by Crippen LogP contribution is 2.29. The van der Waals surface area contributed by atoms with E-state index in [1.807, 2.05) is 48.2 Å². The van der Waals surface area contributed by atoms with Crippen molar-refractivity contribution in [2.75, 3.05) is 49.5 Å². The van der Waals surface area contributed by atoms with Crippen LogP contribution in [0.2, 0.25) is 0 Å². The van der Waals surface area contributed by atoms with E-state index >= 15 is 0 Å². The SMILES string of the molecule is CCNc1cc(C(=O)N[C@@H](Cc2ccccc2)[C@H](O)CNCC(CC)(CC)CN2CCCC2=O)cc(N2CCCC2=O)c1. The summed E-state index contributed by atoms with van der Waals surface area (Å²) >= 11 is 0. The van der Waals surface area contributed by atoms with E-state index in [1.165, 1.54) is 0 Å². The number of hydrogen-bond donors (Lipinski definition) is 4. The van der Waals surface area contributed by atoms with Gasteiger partial charge in [-0.2, -0.15) is 0 Å². The first-order valence-electron chi connectivity index (χ1n) is 16.0. The van der Waals surface area contributed by atoms with Gasteiger partial charge < -0.3 is 30.9 Å². The number of carbonyl (C=O) groups is 3. The maximum atomic E-state index is 13.7. The minimum absolute atomic E-state index is 0.0628. The van der Waals surface area contributed by atoms with Gasteiger partial charge in [0.2, 0.25) is 11.8 Å². The Morgan fingerprint density at radius 2 is 1.70 bits per heavy atom. The van der Waals surface area contributed by atoms with Gasteiger partial charge in [0.15, 0.2) is 0 Å². The summed E-state index contributed by atoms with van der Waals surface area (Å²) in [7, 11) is 0. The molecule has 4 rings (SSSR count). The molecule has 9 nitrogen and oxygen atoms in total. The second kappa shape index (κ2) is 15.3. The summed E-state index contributed by atoms with van der Waals surface area (Å²) in [6.45, 7) is 10.1. The first kappa shape index (κ1) is 32.5. The summed E-state index contributed by atoms with van der Waals surface area (Å²) in [6, 6.07) is 14.8. The van der Waals surface area contributed by atoms with Gasteiger partial charge in [-0.05, 0) is 68.2 Å². The normalized spacial score (nSPS) is 16.9. The molecule has 43 heavy (non-hydrogen) atoms. The Bertz CT molecular complexity index is 1230. The summed E-state index contributed by atoms with van der Waals surface area (Å²) in [5.74, 6) is -0.00293. The van der Waals surface area contributed by atoms with Gasteiger partial charge in [0.05, 0.1) is 12.1 Å². The summed E-state index contributed by atoms with van der Waals surface area (Å²) in [5.41, 5.74) is 2.87. The van der Waals surface area contributed by atoms with Gasteiger partial charge in [0, 0.05) is 69.0 Å². The Balaban J connectivity index is 1.48. The fourth-order valence-electron chi connectivity index (χ4n) is 6.21. The lowest BCUT2D eigenvalue weighted by atomic mass is 9.81. The average Bonchev–Trinajstić information content (AvgIpc) is 3.63. The number of nitrogens with zero attached hydrogens (tertiary/aromatic N) is 2. The second-order valence-corrected chi connectivity index (χ2v) is 12.0. The Morgan fingerprint density at radius 3 is 2.33 bits per heavy atom. The lowest BCUT2D eigenvalue weighted by Crippen LogP contribution is -2.51. The number of likely N-dealkylation sites (tertiary alicyclic amines) is 1. The van der Waals surface area contributed by atoms with E-state index in [-0.39, 0.29) is 23.1 Å². The Morgan fingerprint density at radius 1 is 0.977 bits per heavy atom. The van der Waals surface area contributed by atoms with Crippen LogP contribution < -0.4 is 20.9 Å². The predicted molar refractivity (Wildman–Crippen MR) is 171 cm³/mol. The molecule has 2 aliphatic rings. The van der Waals surface area contributed by atoms with Gasteiger partial charge in [-0.1, -0.05) is 44.2 Å². The van der Waals surface area contributed by atoms with Crippen LogP contribution in [-0.2, 0) is 16.0 Å². The van der Waals surface area contributed by atoms with E-state index < -0.39 is 12.1 Å². The van der Waals surface area contributed by atoms with Gasteiger partial charge in [-0.25, -0.2) is 0 Å². The molecular weight excluding hydrogens is 542 g/mol. The molecule has 2 aliphatic heterocycles. The number of aliphatic hydroxyl groups excluding tert-OH is 1. The van der Waals surface area contributed by atoms with Crippen LogP contribution in [0.25, 0.3) is 0 Å². The smallest absolute Gasteiger partial charge is 0.251 e. The number of anilines is 2. The number of benzene rings is 2. The highest BCUT2D eigenvalue weighted by molar-refractivity contribution is 6.00. The van der Waals surface area contributed by atoms with Crippen LogP contribution >= 0.6 is 0 Å². The zero-order valence-electron chi connectivity index (χ0n) is 26.0. The molecule has 2 aromatic rings. The van der Waals surface area contributed by atoms with Crippen LogP contribution in [0.3, 0.4) is 0 Å². The molecule has 0 spiro atoms. The maximum Gasteiger partial charge on any atom is 0.251 e. The van der Waals surface area contributed by atoms with E-state index in [0.29, 0.717) is 56.7 Å². The highest BCUT2D eigenvalue weighted by atomic mass is 16.3. The number of aliphatic hydroxyl groups is 1. The Kier molecular flexibility index (Phi) is 11.6. The van der Waals surface area contributed by atoms with Gasteiger partial charge in [-0.15, -0.1) is 0 Å². The number of hydrogen-bond acceptors (Lipinski definition) is 6. The Labute approximate surface area is 256 Å². The molecule has 0 aromatic heterocycles. The van der Waals surface area contributed by atoms with Crippen LogP contribution in [0.1, 0.15) is 75.2 Å². The fourth-order valence-corrected chi connectivity index (χ4v) is 6.21. The van der Waals surface area contributed by atoms with Crippen LogP contribution in [-0.4, -0.2) is 79.1 Å². The van der Waals surface area contributed by atoms with E-state index in [9.17, 15) is 19.5 Å². The molecule has 9 heteroatoms. The van der Waals surface area contributed by atoms with Gasteiger partial charge in [0.1, 0.15) is 0 Å². The fraction of sp³-hybridized carbons (Fsp3) is 0.559. The lowest BCUT2D eigenvalue weighted by Gasteiger charge is -2.36. The molecule has 2 aromatic carbocycles. The van der Waals surface area contributed by atoms with Crippen molar-refractivity contribution in [3.05, 3.63) is 59.7 Å². The van der Waals surface area contributed by atoms with Crippen LogP contribution in [0.5, 0.6) is 0 Å². The first-order chi connectivity index (χ1) is 20.8. The number of amides is 3. The number of nitrogens with one attached hydrogen (secondary N) is 3.